The third-order valence-corrected chi connectivity index (χ3v) is 6.37. The van der Waals surface area contributed by atoms with E-state index in [-0.39, 0.29) is 26.2 Å². The second-order valence-electron chi connectivity index (χ2n) is 7.12. The molecule has 182 valence electrons. The zero-order valence-electron chi connectivity index (χ0n) is 18.1. The van der Waals surface area contributed by atoms with E-state index in [0.29, 0.717) is 11.6 Å². The molecule has 0 saturated heterocycles. The van der Waals surface area contributed by atoms with Gasteiger partial charge in [-0.25, -0.2) is 9.59 Å². The van der Waals surface area contributed by atoms with Crippen molar-refractivity contribution in [2.24, 2.45) is 5.73 Å². The van der Waals surface area contributed by atoms with Crippen LogP contribution in [0.2, 0.25) is 5.02 Å². The highest BCUT2D eigenvalue weighted by molar-refractivity contribution is 14.1. The molecule has 1 heterocycles. The smallest absolute Gasteiger partial charge is 0.417 e. The highest BCUT2D eigenvalue weighted by Gasteiger charge is 2.44. The van der Waals surface area contributed by atoms with Gasteiger partial charge >= 0.3 is 18.1 Å². The lowest BCUT2D eigenvalue weighted by Gasteiger charge is -2.36. The van der Waals surface area contributed by atoms with Gasteiger partial charge in [-0.05, 0) is 40.3 Å². The van der Waals surface area contributed by atoms with Crippen molar-refractivity contribution in [1.82, 2.24) is 0 Å². The highest BCUT2D eigenvalue weighted by atomic mass is 127. The molecular weight excluding hydrogens is 602 g/mol. The number of allylic oxidation sites excluding steroid dienone is 1. The number of benzene rings is 2. The van der Waals surface area contributed by atoms with Crippen molar-refractivity contribution < 1.29 is 32.2 Å². The molecule has 7 nitrogen and oxygen atoms in total. The number of carbonyl (C=O) groups is 2. The van der Waals surface area contributed by atoms with E-state index in [2.05, 4.69) is 0 Å². The molecule has 1 unspecified atom stereocenters. The molecular formula is C23H16ClF3IN3O4. The fourth-order valence-electron chi connectivity index (χ4n) is 3.69. The van der Waals surface area contributed by atoms with E-state index in [0.717, 1.165) is 25.2 Å². The van der Waals surface area contributed by atoms with Crippen LogP contribution in [0.15, 0.2) is 65.1 Å². The zero-order chi connectivity index (χ0) is 26.1. The summed E-state index contributed by atoms with van der Waals surface area (Å²) < 4.78 is 50.9. The predicted octanol–water partition coefficient (Wildman–Crippen LogP) is 4.86. The number of hydrogen-bond acceptors (Lipinski definition) is 7. The van der Waals surface area contributed by atoms with Crippen LogP contribution in [0, 0.1) is 14.9 Å². The Morgan fingerprint density at radius 2 is 1.74 bits per heavy atom. The number of esters is 2. The lowest BCUT2D eigenvalue weighted by Crippen LogP contribution is -2.41. The maximum atomic E-state index is 13.7. The number of alkyl halides is 3. The van der Waals surface area contributed by atoms with Gasteiger partial charge in [0, 0.05) is 3.57 Å². The summed E-state index contributed by atoms with van der Waals surface area (Å²) >= 11 is 7.54. The molecule has 0 aromatic heterocycles. The quantitative estimate of drug-likeness (QED) is 0.386. The summed E-state index contributed by atoms with van der Waals surface area (Å²) in [7, 11) is 2.10. The number of nitrogens with two attached hydrogens (primary N) is 1. The van der Waals surface area contributed by atoms with Gasteiger partial charge in [0.15, 0.2) is 0 Å². The second kappa shape index (κ2) is 10.2. The number of halogens is 5. The molecule has 2 N–H and O–H groups in total. The fraction of sp³-hybridized carbons (Fsp3) is 0.174. The average Bonchev–Trinajstić information content (AvgIpc) is 2.82. The van der Waals surface area contributed by atoms with Gasteiger partial charge in [-0.2, -0.15) is 18.4 Å². The summed E-state index contributed by atoms with van der Waals surface area (Å²) in [5.74, 6) is -3.58. The first-order valence-corrected chi connectivity index (χ1v) is 11.1. The monoisotopic (exact) mass is 617 g/mol. The normalized spacial score (nSPS) is 16.2. The average molecular weight is 618 g/mol. The summed E-state index contributed by atoms with van der Waals surface area (Å²) in [6.45, 7) is 0. The van der Waals surface area contributed by atoms with Crippen molar-refractivity contribution in [1.29, 1.82) is 5.26 Å². The number of nitrogens with zero attached hydrogens (tertiary/aromatic N) is 2. The van der Waals surface area contributed by atoms with Crippen LogP contribution in [0.1, 0.15) is 17.0 Å². The van der Waals surface area contributed by atoms with Crippen molar-refractivity contribution in [3.05, 3.63) is 84.8 Å². The van der Waals surface area contributed by atoms with Crippen LogP contribution in [0.3, 0.4) is 0 Å². The van der Waals surface area contributed by atoms with Crippen LogP contribution in [0.4, 0.5) is 18.9 Å². The molecule has 0 fully saturated rings. The van der Waals surface area contributed by atoms with E-state index in [1.807, 2.05) is 6.07 Å². The summed E-state index contributed by atoms with van der Waals surface area (Å²) in [6, 6.07) is 11.9. The number of hydrogen-bond donors (Lipinski definition) is 1. The van der Waals surface area contributed by atoms with E-state index < -0.39 is 40.3 Å². The maximum Gasteiger partial charge on any atom is 0.417 e. The molecule has 0 saturated carbocycles. The Bertz CT molecular complexity index is 1300. The van der Waals surface area contributed by atoms with Crippen LogP contribution in [0.5, 0.6) is 0 Å². The topological polar surface area (TPSA) is 106 Å². The highest BCUT2D eigenvalue weighted by Crippen LogP contribution is 2.46. The number of anilines is 1. The second-order valence-corrected chi connectivity index (χ2v) is 8.69. The van der Waals surface area contributed by atoms with Crippen molar-refractivity contribution in [3.63, 3.8) is 0 Å². The molecule has 1 aliphatic heterocycles. The van der Waals surface area contributed by atoms with Gasteiger partial charge in [0.25, 0.3) is 0 Å². The molecule has 2 aromatic carbocycles. The van der Waals surface area contributed by atoms with E-state index in [1.165, 1.54) is 0 Å². The molecule has 1 aliphatic rings. The van der Waals surface area contributed by atoms with Gasteiger partial charge in [-0.1, -0.05) is 41.9 Å². The molecule has 35 heavy (non-hydrogen) atoms. The van der Waals surface area contributed by atoms with Crippen LogP contribution in [-0.2, 0) is 25.2 Å². The van der Waals surface area contributed by atoms with Crippen molar-refractivity contribution in [2.45, 2.75) is 12.1 Å². The molecule has 3 rings (SSSR count). The Hall–Kier alpha value is -3.24. The summed E-state index contributed by atoms with van der Waals surface area (Å²) in [6.07, 6.45) is -4.84. The fourth-order valence-corrected chi connectivity index (χ4v) is 4.85. The molecule has 0 amide bonds. The van der Waals surface area contributed by atoms with Gasteiger partial charge in [-0.3, -0.25) is 4.90 Å². The van der Waals surface area contributed by atoms with Crippen molar-refractivity contribution >= 4 is 51.8 Å². The minimum Gasteiger partial charge on any atom is -0.466 e. The van der Waals surface area contributed by atoms with Gasteiger partial charge in [0.1, 0.15) is 11.5 Å². The standard InChI is InChI=1S/C23H16ClF3IN3O4/c1-34-21(32)18-17(11-6-4-3-5-7-11)12(10-29)20(30)31(19(18)22(33)35-2)16-8-13(23(25,26)27)14(24)9-15(16)28/h3-9,17H,30H2,1-2H3. The number of ether oxygens (including phenoxy) is 2. The van der Waals surface area contributed by atoms with Gasteiger partial charge in [-0.15, -0.1) is 0 Å². The Morgan fingerprint density at radius 3 is 2.26 bits per heavy atom. The Balaban J connectivity index is 2.48. The first kappa shape index (κ1) is 26.4. The van der Waals surface area contributed by atoms with E-state index in [9.17, 15) is 28.0 Å². The number of carbonyl (C=O) groups excluding carboxylic acids is 2. The van der Waals surface area contributed by atoms with Gasteiger partial charge in [0.2, 0.25) is 0 Å². The van der Waals surface area contributed by atoms with E-state index in [4.69, 9.17) is 26.8 Å². The molecule has 2 aromatic rings. The SMILES string of the molecule is COC(=O)C1=C(C(=O)OC)N(c2cc(C(F)(F)F)c(Cl)cc2I)C(N)=C(C#N)C1c1ccccc1. The summed E-state index contributed by atoms with van der Waals surface area (Å²) in [5, 5.41) is 9.42. The Kier molecular flexibility index (Phi) is 7.66. The van der Waals surface area contributed by atoms with Crippen LogP contribution in [0.25, 0.3) is 0 Å². The molecule has 0 bridgehead atoms. The Morgan fingerprint density at radius 1 is 1.14 bits per heavy atom. The van der Waals surface area contributed by atoms with Crippen LogP contribution in [-0.4, -0.2) is 26.2 Å². The molecule has 0 aliphatic carbocycles. The number of nitriles is 1. The van der Waals surface area contributed by atoms with Crippen molar-refractivity contribution in [3.8, 4) is 6.07 Å². The third-order valence-electron chi connectivity index (χ3n) is 5.19. The minimum absolute atomic E-state index is 0.157. The van der Waals surface area contributed by atoms with E-state index >= 15 is 0 Å². The van der Waals surface area contributed by atoms with Crippen LogP contribution >= 0.6 is 34.2 Å². The largest absolute Gasteiger partial charge is 0.466 e. The number of rotatable bonds is 4. The lowest BCUT2D eigenvalue weighted by atomic mass is 9.81. The van der Waals surface area contributed by atoms with Crippen LogP contribution < -0.4 is 10.6 Å². The minimum atomic E-state index is -4.84. The molecule has 0 spiro atoms. The lowest BCUT2D eigenvalue weighted by molar-refractivity contribution is -0.139. The molecule has 0 radical (unpaired) electrons. The van der Waals surface area contributed by atoms with E-state index in [1.54, 1.807) is 52.9 Å². The molecule has 12 heteroatoms. The first-order valence-electron chi connectivity index (χ1n) is 9.69. The number of methoxy groups -OCH3 is 2. The maximum absolute atomic E-state index is 13.7. The van der Waals surface area contributed by atoms with Crippen molar-refractivity contribution in [2.75, 3.05) is 19.1 Å². The summed E-state index contributed by atoms with van der Waals surface area (Å²) in [4.78, 5) is 26.9. The van der Waals surface area contributed by atoms with Gasteiger partial charge < -0.3 is 15.2 Å². The first-order chi connectivity index (χ1) is 16.5. The third kappa shape index (κ3) is 4.81. The summed E-state index contributed by atoms with van der Waals surface area (Å²) in [5.41, 5.74) is 4.32. The Labute approximate surface area is 216 Å². The molecule has 1 atom stereocenters. The zero-order valence-corrected chi connectivity index (χ0v) is 21.0. The predicted molar refractivity (Wildman–Crippen MR) is 129 cm³/mol. The van der Waals surface area contributed by atoms with Gasteiger partial charge in [0.05, 0.1) is 53.6 Å².